The molecule has 1 saturated heterocycles. The number of likely N-dealkylation sites (tertiary alicyclic amines) is 1. The fourth-order valence-electron chi connectivity index (χ4n) is 2.58. The van der Waals surface area contributed by atoms with Crippen LogP contribution in [0.3, 0.4) is 0 Å². The predicted molar refractivity (Wildman–Crippen MR) is 76.8 cm³/mol. The molecule has 0 aliphatic carbocycles. The van der Waals surface area contributed by atoms with Crippen molar-refractivity contribution in [3.63, 3.8) is 0 Å². The van der Waals surface area contributed by atoms with Crippen LogP contribution in [0.4, 0.5) is 0 Å². The number of carbonyl (C=O) groups is 1. The molecule has 2 heterocycles. The van der Waals surface area contributed by atoms with Crippen molar-refractivity contribution in [3.8, 4) is 0 Å². The third-order valence-corrected chi connectivity index (χ3v) is 3.97. The number of carbonyl (C=O) groups excluding carboxylic acids is 1. The molecule has 1 atom stereocenters. The van der Waals surface area contributed by atoms with Gasteiger partial charge in [0.15, 0.2) is 0 Å². The third kappa shape index (κ3) is 2.79. The molecule has 4 heteroatoms. The van der Waals surface area contributed by atoms with Gasteiger partial charge in [-0.25, -0.2) is 0 Å². The maximum Gasteiger partial charge on any atom is 0.270 e. The molecule has 0 saturated carbocycles. The molecule has 1 aliphatic rings. The zero-order valence-electron chi connectivity index (χ0n) is 11.3. The van der Waals surface area contributed by atoms with E-state index < -0.39 is 0 Å². The SMILES string of the molecule is CC1CCCN(C(=O)c2cc(Br)cn2C(C)C)C1. The summed E-state index contributed by atoms with van der Waals surface area (Å²) in [6, 6.07) is 2.24. The van der Waals surface area contributed by atoms with E-state index in [1.54, 1.807) is 0 Å². The van der Waals surface area contributed by atoms with Crippen molar-refractivity contribution in [1.82, 2.24) is 9.47 Å². The van der Waals surface area contributed by atoms with E-state index in [9.17, 15) is 4.79 Å². The van der Waals surface area contributed by atoms with Gasteiger partial charge in [-0.05, 0) is 54.6 Å². The van der Waals surface area contributed by atoms with Crippen molar-refractivity contribution in [2.75, 3.05) is 13.1 Å². The number of aromatic nitrogens is 1. The molecule has 0 aromatic carbocycles. The molecular weight excluding hydrogens is 292 g/mol. The molecule has 0 spiro atoms. The summed E-state index contributed by atoms with van der Waals surface area (Å²) in [6.07, 6.45) is 4.35. The molecule has 1 unspecified atom stereocenters. The summed E-state index contributed by atoms with van der Waals surface area (Å²) < 4.78 is 3.02. The Bertz CT molecular complexity index is 439. The molecule has 1 fully saturated rings. The number of piperidine rings is 1. The average molecular weight is 313 g/mol. The number of rotatable bonds is 2. The Hall–Kier alpha value is -0.770. The first kappa shape index (κ1) is 13.7. The van der Waals surface area contributed by atoms with E-state index in [-0.39, 0.29) is 5.91 Å². The van der Waals surface area contributed by atoms with Crippen LogP contribution >= 0.6 is 15.9 Å². The average Bonchev–Trinajstić information content (AvgIpc) is 2.70. The van der Waals surface area contributed by atoms with Crippen molar-refractivity contribution >= 4 is 21.8 Å². The number of nitrogens with zero attached hydrogens (tertiary/aromatic N) is 2. The van der Waals surface area contributed by atoms with E-state index in [1.807, 2.05) is 21.7 Å². The fourth-order valence-corrected chi connectivity index (χ4v) is 3.02. The van der Waals surface area contributed by atoms with Crippen molar-refractivity contribution in [1.29, 1.82) is 0 Å². The molecule has 1 aromatic heterocycles. The van der Waals surface area contributed by atoms with Crippen LogP contribution in [-0.4, -0.2) is 28.5 Å². The van der Waals surface area contributed by atoms with E-state index in [0.29, 0.717) is 12.0 Å². The number of hydrogen-bond acceptors (Lipinski definition) is 1. The van der Waals surface area contributed by atoms with Crippen LogP contribution in [0.5, 0.6) is 0 Å². The van der Waals surface area contributed by atoms with Crippen molar-refractivity contribution in [2.24, 2.45) is 5.92 Å². The molecule has 0 N–H and O–H groups in total. The van der Waals surface area contributed by atoms with Crippen LogP contribution in [-0.2, 0) is 0 Å². The lowest BCUT2D eigenvalue weighted by atomic mass is 10.00. The fraction of sp³-hybridized carbons (Fsp3) is 0.643. The summed E-state index contributed by atoms with van der Waals surface area (Å²) in [6.45, 7) is 8.20. The maximum atomic E-state index is 12.6. The zero-order valence-corrected chi connectivity index (χ0v) is 12.9. The van der Waals surface area contributed by atoms with Gasteiger partial charge in [0.25, 0.3) is 5.91 Å². The van der Waals surface area contributed by atoms with Crippen molar-refractivity contribution in [3.05, 3.63) is 22.4 Å². The van der Waals surface area contributed by atoms with E-state index in [4.69, 9.17) is 0 Å². The first-order chi connectivity index (χ1) is 8.49. The molecular formula is C14H21BrN2O. The zero-order chi connectivity index (χ0) is 13.3. The Morgan fingerprint density at radius 1 is 1.50 bits per heavy atom. The molecule has 0 radical (unpaired) electrons. The van der Waals surface area contributed by atoms with Crippen LogP contribution in [0.25, 0.3) is 0 Å². The summed E-state index contributed by atoms with van der Waals surface area (Å²) in [5.74, 6) is 0.787. The summed E-state index contributed by atoms with van der Waals surface area (Å²) in [4.78, 5) is 14.6. The van der Waals surface area contributed by atoms with Crippen LogP contribution in [0.15, 0.2) is 16.7 Å². The first-order valence-corrected chi connectivity index (χ1v) is 7.45. The van der Waals surface area contributed by atoms with E-state index in [1.165, 1.54) is 6.42 Å². The monoisotopic (exact) mass is 312 g/mol. The van der Waals surface area contributed by atoms with Gasteiger partial charge in [0.1, 0.15) is 5.69 Å². The standard InChI is InChI=1S/C14H21BrN2O/c1-10(2)17-9-12(15)7-13(17)14(18)16-6-4-5-11(3)8-16/h7,9-11H,4-6,8H2,1-3H3. The Morgan fingerprint density at radius 3 is 2.83 bits per heavy atom. The van der Waals surface area contributed by atoms with Gasteiger partial charge in [0.05, 0.1) is 0 Å². The smallest absolute Gasteiger partial charge is 0.270 e. The third-order valence-electron chi connectivity index (χ3n) is 3.53. The topological polar surface area (TPSA) is 25.2 Å². The molecule has 2 rings (SSSR count). The van der Waals surface area contributed by atoms with Crippen LogP contribution in [0.1, 0.15) is 50.1 Å². The van der Waals surface area contributed by atoms with Gasteiger partial charge in [-0.15, -0.1) is 0 Å². The second-order valence-electron chi connectivity index (χ2n) is 5.54. The number of halogens is 1. The predicted octanol–water partition coefficient (Wildman–Crippen LogP) is 3.70. The Morgan fingerprint density at radius 2 is 2.22 bits per heavy atom. The van der Waals surface area contributed by atoms with E-state index >= 15 is 0 Å². The molecule has 1 aliphatic heterocycles. The minimum Gasteiger partial charge on any atom is -0.340 e. The van der Waals surface area contributed by atoms with Gasteiger partial charge in [0.2, 0.25) is 0 Å². The minimum absolute atomic E-state index is 0.168. The van der Waals surface area contributed by atoms with Gasteiger partial charge < -0.3 is 9.47 Å². The highest BCUT2D eigenvalue weighted by atomic mass is 79.9. The highest BCUT2D eigenvalue weighted by Crippen LogP contribution is 2.23. The Kier molecular flexibility index (Phi) is 4.15. The first-order valence-electron chi connectivity index (χ1n) is 6.65. The quantitative estimate of drug-likeness (QED) is 0.817. The van der Waals surface area contributed by atoms with Gasteiger partial charge in [-0.1, -0.05) is 6.92 Å². The lowest BCUT2D eigenvalue weighted by Gasteiger charge is -2.31. The van der Waals surface area contributed by atoms with E-state index in [2.05, 4.69) is 36.7 Å². The highest BCUT2D eigenvalue weighted by Gasteiger charge is 2.25. The van der Waals surface area contributed by atoms with E-state index in [0.717, 1.165) is 29.7 Å². The summed E-state index contributed by atoms with van der Waals surface area (Å²) in [5, 5.41) is 0. The normalized spacial score (nSPS) is 20.5. The Balaban J connectivity index is 2.22. The Labute approximate surface area is 117 Å². The second-order valence-corrected chi connectivity index (χ2v) is 6.46. The second kappa shape index (κ2) is 5.47. The van der Waals surface area contributed by atoms with Crippen molar-refractivity contribution in [2.45, 2.75) is 39.7 Å². The van der Waals surface area contributed by atoms with Crippen molar-refractivity contribution < 1.29 is 4.79 Å². The maximum absolute atomic E-state index is 12.6. The highest BCUT2D eigenvalue weighted by molar-refractivity contribution is 9.10. The molecule has 3 nitrogen and oxygen atoms in total. The van der Waals surface area contributed by atoms with Gasteiger partial charge >= 0.3 is 0 Å². The largest absolute Gasteiger partial charge is 0.340 e. The molecule has 1 aromatic rings. The molecule has 0 bridgehead atoms. The lowest BCUT2D eigenvalue weighted by molar-refractivity contribution is 0.0670. The number of amides is 1. The van der Waals surface area contributed by atoms with Gasteiger partial charge in [-0.3, -0.25) is 4.79 Å². The van der Waals surface area contributed by atoms with Gasteiger partial charge in [-0.2, -0.15) is 0 Å². The van der Waals surface area contributed by atoms with Gasteiger partial charge in [0, 0.05) is 29.8 Å². The lowest BCUT2D eigenvalue weighted by Crippen LogP contribution is -2.40. The summed E-state index contributed by atoms with van der Waals surface area (Å²) in [5.41, 5.74) is 0.797. The molecule has 100 valence electrons. The van der Waals surface area contributed by atoms with Crippen LogP contribution in [0, 0.1) is 5.92 Å². The molecule has 18 heavy (non-hydrogen) atoms. The van der Waals surface area contributed by atoms with Crippen LogP contribution in [0.2, 0.25) is 0 Å². The van der Waals surface area contributed by atoms with Crippen LogP contribution < -0.4 is 0 Å². The minimum atomic E-state index is 0.168. The summed E-state index contributed by atoms with van der Waals surface area (Å²) in [7, 11) is 0. The number of hydrogen-bond donors (Lipinski definition) is 0. The molecule has 1 amide bonds. The summed E-state index contributed by atoms with van der Waals surface area (Å²) >= 11 is 3.46.